The van der Waals surface area contributed by atoms with E-state index in [0.29, 0.717) is 6.54 Å². The van der Waals surface area contributed by atoms with Crippen molar-refractivity contribution in [3.63, 3.8) is 0 Å². The predicted molar refractivity (Wildman–Crippen MR) is 67.4 cm³/mol. The molecule has 0 heterocycles. The lowest BCUT2D eigenvalue weighted by Crippen LogP contribution is -2.27. The second-order valence-corrected chi connectivity index (χ2v) is 3.92. The van der Waals surface area contributed by atoms with Crippen molar-refractivity contribution >= 4 is 11.6 Å². The standard InChI is InChI=1S/C13H18F2N2O/c1-3-17(4-2)9-8-12(18)16-13-10(14)6-5-7-11(13)15/h5-7H,3-4,8-9H2,1-2H3,(H,16,18). The van der Waals surface area contributed by atoms with Gasteiger partial charge in [0, 0.05) is 13.0 Å². The van der Waals surface area contributed by atoms with Gasteiger partial charge in [0.1, 0.15) is 17.3 Å². The van der Waals surface area contributed by atoms with Crippen molar-refractivity contribution in [2.24, 2.45) is 0 Å². The highest BCUT2D eigenvalue weighted by Crippen LogP contribution is 2.17. The number of carbonyl (C=O) groups is 1. The van der Waals surface area contributed by atoms with Crippen LogP contribution in [-0.4, -0.2) is 30.4 Å². The summed E-state index contributed by atoms with van der Waals surface area (Å²) in [7, 11) is 0. The van der Waals surface area contributed by atoms with Gasteiger partial charge in [0.05, 0.1) is 0 Å². The van der Waals surface area contributed by atoms with Crippen molar-refractivity contribution in [2.75, 3.05) is 25.0 Å². The van der Waals surface area contributed by atoms with Crippen molar-refractivity contribution in [3.8, 4) is 0 Å². The summed E-state index contributed by atoms with van der Waals surface area (Å²) in [6.07, 6.45) is 0.218. The van der Waals surface area contributed by atoms with Gasteiger partial charge in [0.2, 0.25) is 5.91 Å². The minimum atomic E-state index is -0.758. The third-order valence-electron chi connectivity index (χ3n) is 2.78. The minimum Gasteiger partial charge on any atom is -0.321 e. The van der Waals surface area contributed by atoms with E-state index in [0.717, 1.165) is 25.2 Å². The van der Waals surface area contributed by atoms with E-state index in [4.69, 9.17) is 0 Å². The molecule has 0 aromatic heterocycles. The van der Waals surface area contributed by atoms with E-state index >= 15 is 0 Å². The first-order valence-electron chi connectivity index (χ1n) is 6.04. The number of anilines is 1. The summed E-state index contributed by atoms with van der Waals surface area (Å²) >= 11 is 0. The molecule has 0 aliphatic heterocycles. The normalized spacial score (nSPS) is 10.7. The molecule has 0 aliphatic rings. The van der Waals surface area contributed by atoms with Gasteiger partial charge in [-0.1, -0.05) is 19.9 Å². The van der Waals surface area contributed by atoms with Crippen LogP contribution in [0.1, 0.15) is 20.3 Å². The molecule has 1 aromatic rings. The van der Waals surface area contributed by atoms with Crippen LogP contribution in [0, 0.1) is 11.6 Å². The molecule has 0 radical (unpaired) electrons. The molecule has 100 valence electrons. The van der Waals surface area contributed by atoms with E-state index in [9.17, 15) is 13.6 Å². The number of hydrogen-bond acceptors (Lipinski definition) is 2. The van der Waals surface area contributed by atoms with Gasteiger partial charge in [-0.3, -0.25) is 4.79 Å². The Hall–Kier alpha value is -1.49. The molecule has 1 amide bonds. The molecule has 1 rings (SSSR count). The molecule has 0 saturated carbocycles. The minimum absolute atomic E-state index is 0.218. The van der Waals surface area contributed by atoms with E-state index < -0.39 is 11.6 Å². The summed E-state index contributed by atoms with van der Waals surface area (Å²) in [6, 6.07) is 3.49. The number of rotatable bonds is 6. The van der Waals surface area contributed by atoms with Crippen molar-refractivity contribution in [1.29, 1.82) is 0 Å². The van der Waals surface area contributed by atoms with Gasteiger partial charge in [0.15, 0.2) is 0 Å². The Labute approximate surface area is 106 Å². The van der Waals surface area contributed by atoms with E-state index in [-0.39, 0.29) is 18.0 Å². The van der Waals surface area contributed by atoms with Gasteiger partial charge in [0.25, 0.3) is 0 Å². The molecule has 0 unspecified atom stereocenters. The predicted octanol–water partition coefficient (Wildman–Crippen LogP) is 2.64. The Morgan fingerprint density at radius 3 is 2.28 bits per heavy atom. The lowest BCUT2D eigenvalue weighted by Gasteiger charge is -2.17. The first kappa shape index (κ1) is 14.6. The topological polar surface area (TPSA) is 32.3 Å². The van der Waals surface area contributed by atoms with Crippen LogP contribution in [0.3, 0.4) is 0 Å². The van der Waals surface area contributed by atoms with Gasteiger partial charge in [-0.2, -0.15) is 0 Å². The third-order valence-corrected chi connectivity index (χ3v) is 2.78. The molecule has 0 bridgehead atoms. The Bertz CT molecular complexity index is 386. The zero-order chi connectivity index (χ0) is 13.5. The summed E-state index contributed by atoms with van der Waals surface area (Å²) in [6.45, 7) is 6.26. The Morgan fingerprint density at radius 1 is 1.22 bits per heavy atom. The fourth-order valence-electron chi connectivity index (χ4n) is 1.62. The van der Waals surface area contributed by atoms with Gasteiger partial charge < -0.3 is 10.2 Å². The Kier molecular flexibility index (Phi) is 5.71. The van der Waals surface area contributed by atoms with Crippen LogP contribution in [0.25, 0.3) is 0 Å². The van der Waals surface area contributed by atoms with E-state index in [1.807, 2.05) is 13.8 Å². The second kappa shape index (κ2) is 7.06. The number of carbonyl (C=O) groups excluding carboxylic acids is 1. The fraction of sp³-hybridized carbons (Fsp3) is 0.462. The molecular formula is C13H18F2N2O. The SMILES string of the molecule is CCN(CC)CCC(=O)Nc1c(F)cccc1F. The molecule has 5 heteroatoms. The van der Waals surface area contributed by atoms with Crippen LogP contribution in [-0.2, 0) is 4.79 Å². The first-order valence-corrected chi connectivity index (χ1v) is 6.04. The monoisotopic (exact) mass is 256 g/mol. The lowest BCUT2D eigenvalue weighted by molar-refractivity contribution is -0.116. The van der Waals surface area contributed by atoms with E-state index in [1.54, 1.807) is 0 Å². The molecule has 0 aliphatic carbocycles. The third kappa shape index (κ3) is 4.07. The van der Waals surface area contributed by atoms with Crippen LogP contribution in [0.15, 0.2) is 18.2 Å². The number of nitrogens with one attached hydrogen (secondary N) is 1. The molecule has 0 saturated heterocycles. The second-order valence-electron chi connectivity index (χ2n) is 3.92. The zero-order valence-electron chi connectivity index (χ0n) is 10.7. The number of nitrogens with zero attached hydrogens (tertiary/aromatic N) is 1. The van der Waals surface area contributed by atoms with Gasteiger partial charge in [-0.25, -0.2) is 8.78 Å². The molecule has 0 spiro atoms. The summed E-state index contributed by atoms with van der Waals surface area (Å²) in [5.41, 5.74) is -0.373. The summed E-state index contributed by atoms with van der Waals surface area (Å²) in [5, 5.41) is 2.27. The van der Waals surface area contributed by atoms with E-state index in [2.05, 4.69) is 10.2 Å². The quantitative estimate of drug-likeness (QED) is 0.848. The van der Waals surface area contributed by atoms with Crippen molar-refractivity contribution in [3.05, 3.63) is 29.8 Å². The Balaban J connectivity index is 2.55. The van der Waals surface area contributed by atoms with Crippen LogP contribution in [0.2, 0.25) is 0 Å². The van der Waals surface area contributed by atoms with Crippen LogP contribution < -0.4 is 5.32 Å². The van der Waals surface area contributed by atoms with Crippen molar-refractivity contribution in [1.82, 2.24) is 4.90 Å². The average Bonchev–Trinajstić information content (AvgIpc) is 2.35. The molecule has 0 fully saturated rings. The number of halogens is 2. The van der Waals surface area contributed by atoms with Gasteiger partial charge >= 0.3 is 0 Å². The smallest absolute Gasteiger partial charge is 0.225 e. The molecule has 1 N–H and O–H groups in total. The highest BCUT2D eigenvalue weighted by Gasteiger charge is 2.12. The maximum Gasteiger partial charge on any atom is 0.225 e. The largest absolute Gasteiger partial charge is 0.321 e. The summed E-state index contributed by atoms with van der Waals surface area (Å²) in [4.78, 5) is 13.6. The van der Waals surface area contributed by atoms with Crippen LogP contribution in [0.4, 0.5) is 14.5 Å². The number of amides is 1. The summed E-state index contributed by atoms with van der Waals surface area (Å²) < 4.78 is 26.6. The Morgan fingerprint density at radius 2 is 1.78 bits per heavy atom. The molecule has 1 aromatic carbocycles. The molecular weight excluding hydrogens is 238 g/mol. The van der Waals surface area contributed by atoms with Crippen LogP contribution >= 0.6 is 0 Å². The fourth-order valence-corrected chi connectivity index (χ4v) is 1.62. The van der Waals surface area contributed by atoms with Gasteiger partial charge in [-0.05, 0) is 25.2 Å². The highest BCUT2D eigenvalue weighted by atomic mass is 19.1. The number of benzene rings is 1. The summed E-state index contributed by atoms with van der Waals surface area (Å²) in [5.74, 6) is -1.90. The number of hydrogen-bond donors (Lipinski definition) is 1. The van der Waals surface area contributed by atoms with Crippen molar-refractivity contribution in [2.45, 2.75) is 20.3 Å². The average molecular weight is 256 g/mol. The number of para-hydroxylation sites is 1. The maximum atomic E-state index is 13.3. The highest BCUT2D eigenvalue weighted by molar-refractivity contribution is 5.91. The molecule has 3 nitrogen and oxygen atoms in total. The first-order chi connectivity index (χ1) is 8.58. The van der Waals surface area contributed by atoms with Gasteiger partial charge in [-0.15, -0.1) is 0 Å². The van der Waals surface area contributed by atoms with E-state index in [1.165, 1.54) is 6.07 Å². The van der Waals surface area contributed by atoms with Crippen molar-refractivity contribution < 1.29 is 13.6 Å². The lowest BCUT2D eigenvalue weighted by atomic mass is 10.2. The maximum absolute atomic E-state index is 13.3. The zero-order valence-corrected chi connectivity index (χ0v) is 10.7. The molecule has 18 heavy (non-hydrogen) atoms. The molecule has 0 atom stereocenters. The van der Waals surface area contributed by atoms with Crippen LogP contribution in [0.5, 0.6) is 0 Å².